The number of allylic oxidation sites excluding steroid dienone is 1. The van der Waals surface area contributed by atoms with Crippen LogP contribution in [0, 0.1) is 0 Å². The van der Waals surface area contributed by atoms with E-state index in [-0.39, 0.29) is 24.4 Å². The van der Waals surface area contributed by atoms with Crippen molar-refractivity contribution in [3.8, 4) is 11.3 Å². The molecule has 0 saturated heterocycles. The van der Waals surface area contributed by atoms with E-state index < -0.39 is 0 Å². The maximum Gasteiger partial charge on any atom is 0.275 e. The minimum absolute atomic E-state index is 0.00389. The molecule has 0 unspecified atom stereocenters. The van der Waals surface area contributed by atoms with Crippen molar-refractivity contribution in [3.63, 3.8) is 0 Å². The van der Waals surface area contributed by atoms with Gasteiger partial charge in [-0.3, -0.25) is 9.59 Å². The highest BCUT2D eigenvalue weighted by Gasteiger charge is 2.43. The smallest absolute Gasteiger partial charge is 0.275 e. The highest BCUT2D eigenvalue weighted by atomic mass is 16.2. The monoisotopic (exact) mass is 415 g/mol. The van der Waals surface area contributed by atoms with Crippen LogP contribution in [0.5, 0.6) is 0 Å². The van der Waals surface area contributed by atoms with Crippen molar-refractivity contribution >= 4 is 17.6 Å². The zero-order valence-electron chi connectivity index (χ0n) is 17.4. The summed E-state index contributed by atoms with van der Waals surface area (Å²) in [5.74, 6) is 0.189. The molecule has 2 amide bonds. The molecular weight excluding hydrogens is 390 g/mol. The van der Waals surface area contributed by atoms with Gasteiger partial charge in [0.25, 0.3) is 5.91 Å². The Balaban J connectivity index is 1.26. The number of amides is 2. The van der Waals surface area contributed by atoms with E-state index in [4.69, 9.17) is 0 Å². The summed E-state index contributed by atoms with van der Waals surface area (Å²) < 4.78 is 0. The molecule has 3 aliphatic rings. The summed E-state index contributed by atoms with van der Waals surface area (Å²) in [6.07, 6.45) is 4.96. The summed E-state index contributed by atoms with van der Waals surface area (Å²) in [7, 11) is 0. The van der Waals surface area contributed by atoms with E-state index in [1.807, 2.05) is 46.2 Å². The van der Waals surface area contributed by atoms with Crippen LogP contribution in [0.4, 0.5) is 5.82 Å². The van der Waals surface area contributed by atoms with Crippen LogP contribution in [0.1, 0.15) is 32.1 Å². The minimum Gasteiger partial charge on any atom is -0.357 e. The molecule has 7 heteroatoms. The van der Waals surface area contributed by atoms with Crippen molar-refractivity contribution in [3.05, 3.63) is 66.0 Å². The van der Waals surface area contributed by atoms with Crippen LogP contribution in [0.2, 0.25) is 0 Å². The summed E-state index contributed by atoms with van der Waals surface area (Å²) in [6, 6.07) is 13.6. The molecule has 0 atom stereocenters. The first kappa shape index (κ1) is 19.5. The molecule has 0 radical (unpaired) electrons. The molecule has 158 valence electrons. The van der Waals surface area contributed by atoms with Gasteiger partial charge in [-0.1, -0.05) is 36.9 Å². The second-order valence-electron chi connectivity index (χ2n) is 8.28. The Bertz CT molecular complexity index is 1060. The molecule has 2 aliphatic heterocycles. The van der Waals surface area contributed by atoms with E-state index >= 15 is 0 Å². The van der Waals surface area contributed by atoms with Crippen LogP contribution in [0.15, 0.2) is 66.0 Å². The van der Waals surface area contributed by atoms with Crippen LogP contribution in [-0.4, -0.2) is 50.9 Å². The van der Waals surface area contributed by atoms with Gasteiger partial charge in [-0.2, -0.15) is 0 Å². The standard InChI is InChI=1S/C24H25N5O2/c1-16-19-11-6-14-28(23(19)24(31)29(16)18-9-5-10-18)15-22(30)25-21-13-12-20(26-27-21)17-7-3-2-4-8-17/h2-4,7-8,12-13,18H,1,5-6,9-11,14-15H2,(H,25,27,30). The number of anilines is 1. The molecule has 2 aromatic rings. The predicted octanol–water partition coefficient (Wildman–Crippen LogP) is 3.34. The molecule has 0 bridgehead atoms. The van der Waals surface area contributed by atoms with E-state index in [0.717, 1.165) is 54.6 Å². The SMILES string of the molecule is C=C1C2=C(C(=O)N1C1CCC1)N(CC(=O)Nc1ccc(-c3ccccc3)nn1)CCC2. The van der Waals surface area contributed by atoms with Crippen molar-refractivity contribution in [1.29, 1.82) is 0 Å². The highest BCUT2D eigenvalue weighted by molar-refractivity contribution is 6.01. The lowest BCUT2D eigenvalue weighted by molar-refractivity contribution is -0.129. The van der Waals surface area contributed by atoms with Gasteiger partial charge in [0.15, 0.2) is 5.82 Å². The summed E-state index contributed by atoms with van der Waals surface area (Å²) in [5, 5.41) is 11.1. The third-order valence-corrected chi connectivity index (χ3v) is 6.29. The van der Waals surface area contributed by atoms with Gasteiger partial charge in [0.1, 0.15) is 5.70 Å². The Labute approximate surface area is 181 Å². The maximum absolute atomic E-state index is 13.1. The topological polar surface area (TPSA) is 78.4 Å². The van der Waals surface area contributed by atoms with Crippen molar-refractivity contribution in [2.75, 3.05) is 18.4 Å². The quantitative estimate of drug-likeness (QED) is 0.810. The van der Waals surface area contributed by atoms with Crippen molar-refractivity contribution < 1.29 is 9.59 Å². The minimum atomic E-state index is -0.212. The average Bonchev–Trinajstić information content (AvgIpc) is 3.00. The Kier molecular flexibility index (Phi) is 5.02. The number of carbonyl (C=O) groups excluding carboxylic acids is 2. The van der Waals surface area contributed by atoms with Crippen LogP contribution in [0.25, 0.3) is 11.3 Å². The van der Waals surface area contributed by atoms with Gasteiger partial charge >= 0.3 is 0 Å². The Morgan fingerprint density at radius 3 is 2.58 bits per heavy atom. The number of nitrogens with zero attached hydrogens (tertiary/aromatic N) is 4. The van der Waals surface area contributed by atoms with Crippen LogP contribution < -0.4 is 5.32 Å². The first-order valence-electron chi connectivity index (χ1n) is 10.8. The van der Waals surface area contributed by atoms with E-state index in [1.165, 1.54) is 0 Å². The van der Waals surface area contributed by atoms with Gasteiger partial charge in [-0.15, -0.1) is 10.2 Å². The number of hydrogen-bond donors (Lipinski definition) is 1. The summed E-state index contributed by atoms with van der Waals surface area (Å²) in [4.78, 5) is 29.6. The fourth-order valence-corrected chi connectivity index (χ4v) is 4.50. The third kappa shape index (κ3) is 3.60. The molecule has 1 aromatic heterocycles. The summed E-state index contributed by atoms with van der Waals surface area (Å²) in [5.41, 5.74) is 4.20. The number of benzene rings is 1. The molecule has 1 fully saturated rings. The van der Waals surface area contributed by atoms with Crippen LogP contribution in [-0.2, 0) is 9.59 Å². The highest BCUT2D eigenvalue weighted by Crippen LogP contribution is 2.41. The zero-order chi connectivity index (χ0) is 21.4. The van der Waals surface area contributed by atoms with Crippen molar-refractivity contribution in [1.82, 2.24) is 20.0 Å². The first-order chi connectivity index (χ1) is 15.1. The van der Waals surface area contributed by atoms with Crippen LogP contribution in [0.3, 0.4) is 0 Å². The number of rotatable bonds is 5. The fourth-order valence-electron chi connectivity index (χ4n) is 4.50. The van der Waals surface area contributed by atoms with E-state index in [0.29, 0.717) is 18.1 Å². The van der Waals surface area contributed by atoms with Gasteiger partial charge < -0.3 is 15.1 Å². The van der Waals surface area contributed by atoms with E-state index in [2.05, 4.69) is 22.1 Å². The van der Waals surface area contributed by atoms with E-state index in [1.54, 1.807) is 6.07 Å². The molecule has 1 aliphatic carbocycles. The zero-order valence-corrected chi connectivity index (χ0v) is 17.4. The lowest BCUT2D eigenvalue weighted by Gasteiger charge is -2.36. The Morgan fingerprint density at radius 1 is 1.10 bits per heavy atom. The van der Waals surface area contributed by atoms with Crippen molar-refractivity contribution in [2.45, 2.75) is 38.1 Å². The van der Waals surface area contributed by atoms with Crippen molar-refractivity contribution in [2.24, 2.45) is 0 Å². The molecule has 5 rings (SSSR count). The fraction of sp³-hybridized carbons (Fsp3) is 0.333. The number of carbonyl (C=O) groups is 2. The van der Waals surface area contributed by atoms with Gasteiger partial charge in [-0.25, -0.2) is 0 Å². The summed E-state index contributed by atoms with van der Waals surface area (Å²) in [6.45, 7) is 4.98. The number of hydrogen-bond acceptors (Lipinski definition) is 5. The Morgan fingerprint density at radius 2 is 1.90 bits per heavy atom. The molecule has 0 spiro atoms. The normalized spacial score (nSPS) is 18.8. The average molecular weight is 415 g/mol. The largest absolute Gasteiger partial charge is 0.357 e. The number of aromatic nitrogens is 2. The Hall–Kier alpha value is -3.48. The molecule has 1 saturated carbocycles. The molecule has 7 nitrogen and oxygen atoms in total. The van der Waals surface area contributed by atoms with Gasteiger partial charge in [0.2, 0.25) is 5.91 Å². The first-order valence-corrected chi connectivity index (χ1v) is 10.8. The maximum atomic E-state index is 13.1. The third-order valence-electron chi connectivity index (χ3n) is 6.29. The van der Waals surface area contributed by atoms with Gasteiger partial charge in [-0.05, 0) is 44.2 Å². The number of nitrogens with one attached hydrogen (secondary N) is 1. The second kappa shape index (κ2) is 7.98. The summed E-state index contributed by atoms with van der Waals surface area (Å²) >= 11 is 0. The molecule has 31 heavy (non-hydrogen) atoms. The molecule has 1 N–H and O–H groups in total. The molecular formula is C24H25N5O2. The molecule has 3 heterocycles. The second-order valence-corrected chi connectivity index (χ2v) is 8.28. The molecule has 1 aromatic carbocycles. The van der Waals surface area contributed by atoms with Crippen LogP contribution >= 0.6 is 0 Å². The van der Waals surface area contributed by atoms with E-state index in [9.17, 15) is 9.59 Å². The van der Waals surface area contributed by atoms with Gasteiger partial charge in [0.05, 0.1) is 12.2 Å². The predicted molar refractivity (Wildman–Crippen MR) is 118 cm³/mol. The van der Waals surface area contributed by atoms with Gasteiger partial charge in [0, 0.05) is 29.4 Å². The lowest BCUT2D eigenvalue weighted by atomic mass is 9.91. The lowest BCUT2D eigenvalue weighted by Crippen LogP contribution is -2.43.